The number of hydrogen-bond acceptors (Lipinski definition) is 1. The van der Waals surface area contributed by atoms with Gasteiger partial charge in [-0.2, -0.15) is 0 Å². The molecule has 2 aromatic heterocycles. The summed E-state index contributed by atoms with van der Waals surface area (Å²) in [7, 11) is 0. The Hall–Kier alpha value is -7.49. The molecule has 0 N–H and O–H groups in total. The molecule has 0 amide bonds. The smallest absolute Gasteiger partial charge is 0.0668 e. The predicted molar refractivity (Wildman–Crippen MR) is 253 cm³/mol. The van der Waals surface area contributed by atoms with Crippen molar-refractivity contribution in [3.05, 3.63) is 223 Å². The molecule has 2 unspecified atom stereocenters. The minimum absolute atomic E-state index is 0.177. The first kappa shape index (κ1) is 34.5. The van der Waals surface area contributed by atoms with Gasteiger partial charge in [-0.15, -0.1) is 0 Å². The number of benzene rings is 9. The van der Waals surface area contributed by atoms with E-state index in [4.69, 9.17) is 4.99 Å². The lowest BCUT2D eigenvalue weighted by Crippen LogP contribution is -2.24. The van der Waals surface area contributed by atoms with Gasteiger partial charge in [-0.25, -0.2) is 0 Å². The predicted octanol–water partition coefficient (Wildman–Crippen LogP) is 15.1. The van der Waals surface area contributed by atoms with E-state index in [-0.39, 0.29) is 5.92 Å². The molecule has 0 spiro atoms. The average molecular weight is 768 g/mol. The summed E-state index contributed by atoms with van der Waals surface area (Å²) in [5.74, 6) is 0.529. The fraction of sp³-hybridized carbons (Fsp3) is 0.0702. The third-order valence-corrected chi connectivity index (χ3v) is 13.0. The van der Waals surface area contributed by atoms with Crippen LogP contribution >= 0.6 is 0 Å². The third-order valence-electron chi connectivity index (χ3n) is 13.0. The Kier molecular flexibility index (Phi) is 7.96. The minimum atomic E-state index is 0.177. The van der Waals surface area contributed by atoms with E-state index in [2.05, 4.69) is 222 Å². The molecule has 2 atom stereocenters. The second-order valence-corrected chi connectivity index (χ2v) is 16.2. The molecule has 12 rings (SSSR count). The van der Waals surface area contributed by atoms with Crippen molar-refractivity contribution in [2.75, 3.05) is 0 Å². The summed E-state index contributed by atoms with van der Waals surface area (Å²) in [6, 6.07) is 75.6. The van der Waals surface area contributed by atoms with Crippen molar-refractivity contribution >= 4 is 65.8 Å². The lowest BCUT2D eigenvalue weighted by Gasteiger charge is -2.33. The van der Waals surface area contributed by atoms with E-state index in [1.807, 2.05) is 0 Å². The normalized spacial score (nSPS) is 15.2. The maximum Gasteiger partial charge on any atom is 0.0668 e. The fourth-order valence-corrected chi connectivity index (χ4v) is 10.3. The van der Waals surface area contributed by atoms with E-state index in [0.717, 1.165) is 23.5 Å². The fourth-order valence-electron chi connectivity index (χ4n) is 10.3. The largest absolute Gasteiger partial charge is 0.309 e. The van der Waals surface area contributed by atoms with Gasteiger partial charge in [-0.1, -0.05) is 146 Å². The van der Waals surface area contributed by atoms with Gasteiger partial charge in [0.25, 0.3) is 0 Å². The van der Waals surface area contributed by atoms with Crippen molar-refractivity contribution in [1.82, 2.24) is 9.13 Å². The molecule has 284 valence electrons. The van der Waals surface area contributed by atoms with Gasteiger partial charge < -0.3 is 9.13 Å². The van der Waals surface area contributed by atoms with E-state index in [0.29, 0.717) is 5.92 Å². The molecule has 0 saturated carbocycles. The zero-order valence-corrected chi connectivity index (χ0v) is 33.3. The van der Waals surface area contributed by atoms with Crippen LogP contribution in [0, 0.1) is 0 Å². The Morgan fingerprint density at radius 3 is 1.78 bits per heavy atom. The van der Waals surface area contributed by atoms with E-state index >= 15 is 0 Å². The number of aliphatic imine (C=N–C) groups is 1. The first-order valence-electron chi connectivity index (χ1n) is 21.1. The number of nitrogens with zero attached hydrogens (tertiary/aromatic N) is 3. The van der Waals surface area contributed by atoms with E-state index in [9.17, 15) is 0 Å². The van der Waals surface area contributed by atoms with E-state index in [1.54, 1.807) is 0 Å². The molecular weight excluding hydrogens is 727 g/mol. The van der Waals surface area contributed by atoms with Crippen molar-refractivity contribution in [2.45, 2.75) is 25.2 Å². The summed E-state index contributed by atoms with van der Waals surface area (Å²) in [6.07, 6.45) is 1.04. The zero-order chi connectivity index (χ0) is 39.7. The molecule has 3 heteroatoms. The Labute approximate surface area is 349 Å². The highest BCUT2D eigenvalue weighted by molar-refractivity contribution is 6.22. The summed E-state index contributed by atoms with van der Waals surface area (Å²) < 4.78 is 4.83. The monoisotopic (exact) mass is 767 g/mol. The Morgan fingerprint density at radius 1 is 0.433 bits per heavy atom. The Bertz CT molecular complexity index is 3460. The summed E-state index contributed by atoms with van der Waals surface area (Å²) in [5, 5.41) is 7.57. The highest BCUT2D eigenvalue weighted by atomic mass is 15.0. The quantitative estimate of drug-likeness (QED) is 0.161. The number of aromatic nitrogens is 2. The van der Waals surface area contributed by atoms with Gasteiger partial charge in [0, 0.05) is 38.8 Å². The molecule has 11 aromatic rings. The van der Waals surface area contributed by atoms with Gasteiger partial charge >= 0.3 is 0 Å². The van der Waals surface area contributed by atoms with E-state index in [1.165, 1.54) is 87.9 Å². The second-order valence-electron chi connectivity index (χ2n) is 16.2. The highest BCUT2D eigenvalue weighted by Crippen LogP contribution is 2.47. The lowest BCUT2D eigenvalue weighted by molar-refractivity contribution is 0.614. The second kappa shape index (κ2) is 13.8. The standard InChI is InChI=1S/C57H41N3/c1-2-44-46-21-11-13-23-50(46)58-57(55(44)38-16-5-3-6-17-38)39-25-30-43(31-26-39)59-51-24-14-12-22-47(51)48-35-40(28-32-52(48)59)41-29-33-53-49(36-41)56-45-20-10-9-15-37(45)27-34-54(56)60(53)42-18-7-4-8-19-42/h3-36,44,55H,2H2,1H3. The topological polar surface area (TPSA) is 22.2 Å². The van der Waals surface area contributed by atoms with Gasteiger partial charge in [0.1, 0.15) is 0 Å². The van der Waals surface area contributed by atoms with Crippen molar-refractivity contribution < 1.29 is 0 Å². The Morgan fingerprint density at radius 2 is 1.00 bits per heavy atom. The zero-order valence-electron chi connectivity index (χ0n) is 33.3. The van der Waals surface area contributed by atoms with Crippen LogP contribution in [-0.2, 0) is 0 Å². The first-order valence-corrected chi connectivity index (χ1v) is 21.1. The maximum atomic E-state index is 5.38. The van der Waals surface area contributed by atoms with Gasteiger partial charge in [0.2, 0.25) is 0 Å². The van der Waals surface area contributed by atoms with Crippen LogP contribution in [0.25, 0.3) is 76.9 Å². The van der Waals surface area contributed by atoms with Gasteiger partial charge in [0.05, 0.1) is 33.5 Å². The molecule has 0 saturated heterocycles. The van der Waals surface area contributed by atoms with Crippen LogP contribution in [0.1, 0.15) is 41.9 Å². The van der Waals surface area contributed by atoms with Crippen LogP contribution in [0.4, 0.5) is 5.69 Å². The molecule has 60 heavy (non-hydrogen) atoms. The van der Waals surface area contributed by atoms with Crippen LogP contribution in [-0.4, -0.2) is 14.8 Å². The van der Waals surface area contributed by atoms with Gasteiger partial charge in [0.15, 0.2) is 0 Å². The number of para-hydroxylation sites is 3. The highest BCUT2D eigenvalue weighted by Gasteiger charge is 2.34. The molecule has 0 aliphatic carbocycles. The molecule has 0 bridgehead atoms. The third kappa shape index (κ3) is 5.32. The van der Waals surface area contributed by atoms with Gasteiger partial charge in [-0.05, 0) is 118 Å². The molecule has 1 aliphatic heterocycles. The summed E-state index contributed by atoms with van der Waals surface area (Å²) in [6.45, 7) is 2.31. The van der Waals surface area contributed by atoms with Crippen LogP contribution in [0.5, 0.6) is 0 Å². The molecule has 3 nitrogen and oxygen atoms in total. The van der Waals surface area contributed by atoms with Gasteiger partial charge in [-0.3, -0.25) is 4.99 Å². The minimum Gasteiger partial charge on any atom is -0.309 e. The Balaban J connectivity index is 0.986. The molecule has 1 aliphatic rings. The van der Waals surface area contributed by atoms with Crippen LogP contribution in [0.15, 0.2) is 211 Å². The van der Waals surface area contributed by atoms with Crippen molar-refractivity contribution in [3.63, 3.8) is 0 Å². The van der Waals surface area contributed by atoms with Crippen molar-refractivity contribution in [3.8, 4) is 22.5 Å². The van der Waals surface area contributed by atoms with Crippen LogP contribution in [0.2, 0.25) is 0 Å². The number of rotatable bonds is 6. The molecular formula is C57H41N3. The first-order chi connectivity index (χ1) is 29.7. The van der Waals surface area contributed by atoms with E-state index < -0.39 is 0 Å². The SMILES string of the molecule is CCC1c2ccccc2N=C(c2ccc(-n3c4ccccc4c4cc(-c5ccc6c(c5)c5c7ccccc7ccc5n6-c5ccccc5)ccc43)cc2)C1c1ccccc1. The van der Waals surface area contributed by atoms with Crippen LogP contribution in [0.3, 0.4) is 0 Å². The lowest BCUT2D eigenvalue weighted by atomic mass is 9.73. The molecule has 9 aromatic carbocycles. The molecule has 0 radical (unpaired) electrons. The summed E-state index contributed by atoms with van der Waals surface area (Å²) in [4.78, 5) is 5.38. The average Bonchev–Trinajstić information content (AvgIpc) is 3.84. The number of fused-ring (bicyclic) bond motifs is 9. The number of hydrogen-bond donors (Lipinski definition) is 0. The van der Waals surface area contributed by atoms with Crippen molar-refractivity contribution in [1.29, 1.82) is 0 Å². The summed E-state index contributed by atoms with van der Waals surface area (Å²) >= 11 is 0. The van der Waals surface area contributed by atoms with Crippen LogP contribution < -0.4 is 0 Å². The van der Waals surface area contributed by atoms with Crippen molar-refractivity contribution in [2.24, 2.45) is 4.99 Å². The summed E-state index contributed by atoms with van der Waals surface area (Å²) in [5.41, 5.74) is 15.6. The molecule has 3 heterocycles. The maximum absolute atomic E-state index is 5.38. The molecule has 0 fully saturated rings.